The normalized spacial score (nSPS) is 15.4. The number of anilines is 1. The van der Waals surface area contributed by atoms with Crippen LogP contribution in [0.2, 0.25) is 0 Å². The molecule has 3 aromatic rings. The van der Waals surface area contributed by atoms with Crippen LogP contribution in [0.15, 0.2) is 71.0 Å². The molecule has 0 aliphatic carbocycles. The molecule has 0 bridgehead atoms. The molecule has 0 spiro atoms. The Bertz CT molecular complexity index is 1060. The van der Waals surface area contributed by atoms with Crippen molar-refractivity contribution in [3.05, 3.63) is 72.2 Å². The number of aryl methyl sites for hydroxylation is 1. The van der Waals surface area contributed by atoms with E-state index in [2.05, 4.69) is 24.8 Å². The third kappa shape index (κ3) is 4.28. The second kappa shape index (κ2) is 8.26. The SMILES string of the molecule is Cc1ccc(S(=O)(=O)c2ncccc2CN2CCN(c3ncccn3)CC2)cc1. The molecule has 4 rings (SSSR count). The van der Waals surface area contributed by atoms with Crippen molar-refractivity contribution >= 4 is 15.8 Å². The van der Waals surface area contributed by atoms with Gasteiger partial charge in [0.2, 0.25) is 15.8 Å². The highest BCUT2D eigenvalue weighted by molar-refractivity contribution is 7.91. The molecule has 150 valence electrons. The maximum atomic E-state index is 13.1. The first-order valence-electron chi connectivity index (χ1n) is 9.54. The van der Waals surface area contributed by atoms with Crippen molar-refractivity contribution in [3.63, 3.8) is 0 Å². The van der Waals surface area contributed by atoms with Gasteiger partial charge < -0.3 is 4.90 Å². The van der Waals surface area contributed by atoms with Crippen LogP contribution in [0.1, 0.15) is 11.1 Å². The zero-order valence-corrected chi connectivity index (χ0v) is 17.1. The second-order valence-electron chi connectivity index (χ2n) is 7.10. The molecule has 0 atom stereocenters. The molecule has 0 N–H and O–H groups in total. The van der Waals surface area contributed by atoms with Gasteiger partial charge in [0.1, 0.15) is 0 Å². The summed E-state index contributed by atoms with van der Waals surface area (Å²) < 4.78 is 26.3. The molecule has 0 unspecified atom stereocenters. The number of sulfone groups is 1. The van der Waals surface area contributed by atoms with Crippen LogP contribution in [0.3, 0.4) is 0 Å². The Morgan fingerprint density at radius 2 is 1.52 bits per heavy atom. The van der Waals surface area contributed by atoms with Crippen LogP contribution in [-0.4, -0.2) is 54.4 Å². The summed E-state index contributed by atoms with van der Waals surface area (Å²) in [7, 11) is -3.66. The maximum Gasteiger partial charge on any atom is 0.225 e. The van der Waals surface area contributed by atoms with Crippen molar-refractivity contribution in [1.29, 1.82) is 0 Å². The fourth-order valence-electron chi connectivity index (χ4n) is 3.42. The van der Waals surface area contributed by atoms with Crippen molar-refractivity contribution in [1.82, 2.24) is 19.9 Å². The number of hydrogen-bond donors (Lipinski definition) is 0. The van der Waals surface area contributed by atoms with Crippen molar-refractivity contribution in [2.45, 2.75) is 23.4 Å². The third-order valence-electron chi connectivity index (χ3n) is 5.04. The highest BCUT2D eigenvalue weighted by Crippen LogP contribution is 2.24. The summed E-state index contributed by atoms with van der Waals surface area (Å²) in [5.74, 6) is 0.733. The van der Waals surface area contributed by atoms with Gasteiger partial charge in [-0.2, -0.15) is 0 Å². The number of piperazine rings is 1. The first-order chi connectivity index (χ1) is 14.0. The Kier molecular flexibility index (Phi) is 5.55. The smallest absolute Gasteiger partial charge is 0.225 e. The lowest BCUT2D eigenvalue weighted by atomic mass is 10.2. The summed E-state index contributed by atoms with van der Waals surface area (Å²) in [6.07, 6.45) is 5.02. The molecule has 1 fully saturated rings. The van der Waals surface area contributed by atoms with E-state index in [1.165, 1.54) is 6.20 Å². The molecule has 1 aromatic carbocycles. The van der Waals surface area contributed by atoms with E-state index < -0.39 is 9.84 Å². The fourth-order valence-corrected chi connectivity index (χ4v) is 4.81. The molecule has 3 heterocycles. The zero-order chi connectivity index (χ0) is 20.3. The van der Waals surface area contributed by atoms with Crippen LogP contribution in [0.5, 0.6) is 0 Å². The zero-order valence-electron chi connectivity index (χ0n) is 16.3. The van der Waals surface area contributed by atoms with E-state index in [4.69, 9.17) is 0 Å². The van der Waals surface area contributed by atoms with E-state index in [0.717, 1.165) is 43.3 Å². The van der Waals surface area contributed by atoms with E-state index >= 15 is 0 Å². The van der Waals surface area contributed by atoms with Crippen molar-refractivity contribution in [2.24, 2.45) is 0 Å². The van der Waals surface area contributed by atoms with Crippen LogP contribution in [0, 0.1) is 6.92 Å². The van der Waals surface area contributed by atoms with E-state index in [1.807, 2.05) is 13.0 Å². The van der Waals surface area contributed by atoms with E-state index in [0.29, 0.717) is 6.54 Å². The van der Waals surface area contributed by atoms with Crippen molar-refractivity contribution in [2.75, 3.05) is 31.1 Å². The summed E-state index contributed by atoms with van der Waals surface area (Å²) in [5, 5.41) is 0.137. The quantitative estimate of drug-likeness (QED) is 0.640. The molecule has 2 aromatic heterocycles. The third-order valence-corrected chi connectivity index (χ3v) is 6.81. The van der Waals surface area contributed by atoms with Crippen LogP contribution in [0.4, 0.5) is 5.95 Å². The minimum absolute atomic E-state index is 0.137. The van der Waals surface area contributed by atoms with Crippen molar-refractivity contribution in [3.8, 4) is 0 Å². The molecule has 29 heavy (non-hydrogen) atoms. The van der Waals surface area contributed by atoms with E-state index in [-0.39, 0.29) is 9.92 Å². The average Bonchev–Trinajstić information content (AvgIpc) is 2.75. The van der Waals surface area contributed by atoms with E-state index in [1.54, 1.807) is 48.8 Å². The molecule has 1 aliphatic rings. The highest BCUT2D eigenvalue weighted by Gasteiger charge is 2.25. The van der Waals surface area contributed by atoms with Gasteiger partial charge in [-0.15, -0.1) is 0 Å². The van der Waals surface area contributed by atoms with E-state index in [9.17, 15) is 8.42 Å². The first kappa shape index (κ1) is 19.5. The lowest BCUT2D eigenvalue weighted by Gasteiger charge is -2.34. The fraction of sp³-hybridized carbons (Fsp3) is 0.286. The van der Waals surface area contributed by atoms with Gasteiger partial charge in [-0.3, -0.25) is 4.90 Å². The van der Waals surface area contributed by atoms with Crippen molar-refractivity contribution < 1.29 is 8.42 Å². The van der Waals surface area contributed by atoms with Gasteiger partial charge in [-0.25, -0.2) is 23.4 Å². The molecule has 7 nitrogen and oxygen atoms in total. The summed E-state index contributed by atoms with van der Waals surface area (Å²) in [5.41, 5.74) is 1.74. The molecule has 0 radical (unpaired) electrons. The molecule has 8 heteroatoms. The van der Waals surface area contributed by atoms with Gasteiger partial charge >= 0.3 is 0 Å². The second-order valence-corrected chi connectivity index (χ2v) is 8.96. The predicted octanol–water partition coefficient (Wildman–Crippen LogP) is 2.34. The number of pyridine rings is 1. The minimum Gasteiger partial charge on any atom is -0.338 e. The topological polar surface area (TPSA) is 79.3 Å². The van der Waals surface area contributed by atoms with Gasteiger partial charge in [0.25, 0.3) is 0 Å². The number of benzene rings is 1. The number of nitrogens with zero attached hydrogens (tertiary/aromatic N) is 5. The van der Waals surface area contributed by atoms with Gasteiger partial charge in [0, 0.05) is 56.9 Å². The van der Waals surface area contributed by atoms with Gasteiger partial charge in [0.05, 0.1) is 4.90 Å². The van der Waals surface area contributed by atoms with Gasteiger partial charge in [0.15, 0.2) is 5.03 Å². The van der Waals surface area contributed by atoms with Crippen LogP contribution >= 0.6 is 0 Å². The van der Waals surface area contributed by atoms with Crippen LogP contribution in [0.25, 0.3) is 0 Å². The monoisotopic (exact) mass is 409 g/mol. The molecular formula is C21H23N5O2S. The number of aromatic nitrogens is 3. The van der Waals surface area contributed by atoms with Crippen LogP contribution < -0.4 is 4.90 Å². The number of hydrogen-bond acceptors (Lipinski definition) is 7. The largest absolute Gasteiger partial charge is 0.338 e. The summed E-state index contributed by atoms with van der Waals surface area (Å²) in [6.45, 7) is 5.67. The Labute approximate surface area is 171 Å². The molecule has 0 saturated carbocycles. The Balaban J connectivity index is 1.50. The summed E-state index contributed by atoms with van der Waals surface area (Å²) >= 11 is 0. The molecule has 1 saturated heterocycles. The Morgan fingerprint density at radius 1 is 0.862 bits per heavy atom. The standard InChI is InChI=1S/C21H23N5O2S/c1-17-5-7-19(8-6-17)29(27,28)20-18(4-2-9-22-20)16-25-12-14-26(15-13-25)21-23-10-3-11-24-21/h2-11H,12-16H2,1H3. The van der Waals surface area contributed by atoms with Gasteiger partial charge in [-0.05, 0) is 31.2 Å². The minimum atomic E-state index is -3.66. The highest BCUT2D eigenvalue weighted by atomic mass is 32.2. The maximum absolute atomic E-state index is 13.1. The Hall–Kier alpha value is -2.84. The predicted molar refractivity (Wildman–Crippen MR) is 110 cm³/mol. The Morgan fingerprint density at radius 3 is 2.21 bits per heavy atom. The molecule has 0 amide bonds. The van der Waals surface area contributed by atoms with Gasteiger partial charge in [-0.1, -0.05) is 23.8 Å². The lowest BCUT2D eigenvalue weighted by Crippen LogP contribution is -2.46. The number of rotatable bonds is 5. The first-order valence-corrected chi connectivity index (χ1v) is 11.0. The summed E-state index contributed by atoms with van der Waals surface area (Å²) in [6, 6.07) is 12.3. The lowest BCUT2D eigenvalue weighted by molar-refractivity contribution is 0.246. The average molecular weight is 410 g/mol. The van der Waals surface area contributed by atoms with Crippen LogP contribution in [-0.2, 0) is 16.4 Å². The molecule has 1 aliphatic heterocycles. The summed E-state index contributed by atoms with van der Waals surface area (Å²) in [4.78, 5) is 17.5. The molecular weight excluding hydrogens is 386 g/mol.